The van der Waals surface area contributed by atoms with Gasteiger partial charge in [-0.2, -0.15) is 0 Å². The molecule has 7 heteroatoms. The van der Waals surface area contributed by atoms with Crippen LogP contribution in [0.1, 0.15) is 18.4 Å². The normalized spacial score (nSPS) is 24.4. The molecule has 1 fully saturated rings. The van der Waals surface area contributed by atoms with Crippen LogP contribution >= 0.6 is 0 Å². The highest BCUT2D eigenvalue weighted by Gasteiger charge is 2.67. The third kappa shape index (κ3) is 2.60. The highest BCUT2D eigenvalue weighted by atomic mass is 19.3. The fourth-order valence-corrected chi connectivity index (χ4v) is 2.38. The molecule has 0 spiro atoms. The number of aromatic nitrogens is 2. The maximum absolute atomic E-state index is 13.5. The number of H-pyrrole nitrogens is 1. The highest BCUT2D eigenvalue weighted by molar-refractivity contribution is 5.07. The third-order valence-corrected chi connectivity index (χ3v) is 3.62. The van der Waals surface area contributed by atoms with Crippen molar-refractivity contribution in [1.29, 1.82) is 0 Å². The number of nitrogens with one attached hydrogen (secondary N) is 1. The minimum Gasteiger partial charge on any atom is -0.396 e. The molecule has 2 rings (SSSR count). The Hall–Kier alpha value is -1.50. The predicted molar refractivity (Wildman–Crippen MR) is 64.3 cm³/mol. The summed E-state index contributed by atoms with van der Waals surface area (Å²) in [5, 5.41) is 8.66. The van der Waals surface area contributed by atoms with Crippen molar-refractivity contribution in [2.24, 2.45) is 11.8 Å². The molecule has 1 aliphatic rings. The maximum atomic E-state index is 13.5. The van der Waals surface area contributed by atoms with Gasteiger partial charge in [0, 0.05) is 36.7 Å². The van der Waals surface area contributed by atoms with E-state index in [0.29, 0.717) is 12.0 Å². The number of nitrogens with zero attached hydrogens (tertiary/aromatic N) is 1. The maximum Gasteiger partial charge on any atom is 0.328 e. The Bertz CT molecular complexity index is 579. The molecule has 2 N–H and O–H groups in total. The summed E-state index contributed by atoms with van der Waals surface area (Å²) in [7, 11) is 0. The van der Waals surface area contributed by atoms with Crippen LogP contribution in [-0.4, -0.2) is 27.2 Å². The molecule has 0 bridgehead atoms. The lowest BCUT2D eigenvalue weighted by atomic mass is 10.2. The van der Waals surface area contributed by atoms with Crippen LogP contribution in [0.25, 0.3) is 0 Å². The molecular weight excluding hydrogens is 258 g/mol. The van der Waals surface area contributed by atoms with E-state index in [1.807, 2.05) is 0 Å². The summed E-state index contributed by atoms with van der Waals surface area (Å²) < 4.78 is 28.1. The van der Waals surface area contributed by atoms with Crippen molar-refractivity contribution in [2.45, 2.75) is 32.2 Å². The van der Waals surface area contributed by atoms with E-state index in [2.05, 4.69) is 4.98 Å². The van der Waals surface area contributed by atoms with E-state index < -0.39 is 29.0 Å². The molecule has 0 amide bonds. The molecule has 1 heterocycles. The first-order valence-corrected chi connectivity index (χ1v) is 6.17. The molecular formula is C12H16F2N2O3. The molecule has 1 saturated carbocycles. The quantitative estimate of drug-likeness (QED) is 0.821. The average Bonchev–Trinajstić information content (AvgIpc) is 2.84. The number of aliphatic hydroxyl groups excluding tert-OH is 1. The molecule has 1 aromatic heterocycles. The van der Waals surface area contributed by atoms with Crippen LogP contribution in [0, 0.1) is 18.8 Å². The molecule has 0 unspecified atom stereocenters. The summed E-state index contributed by atoms with van der Waals surface area (Å²) in [6.45, 7) is 1.29. The van der Waals surface area contributed by atoms with Gasteiger partial charge in [-0.15, -0.1) is 0 Å². The summed E-state index contributed by atoms with van der Waals surface area (Å²) in [5.41, 5.74) is -0.852. The van der Waals surface area contributed by atoms with Crippen LogP contribution in [0.4, 0.5) is 8.78 Å². The van der Waals surface area contributed by atoms with Gasteiger partial charge in [-0.25, -0.2) is 13.6 Å². The van der Waals surface area contributed by atoms with Crippen molar-refractivity contribution >= 4 is 0 Å². The first-order chi connectivity index (χ1) is 8.87. The Morgan fingerprint density at radius 1 is 1.42 bits per heavy atom. The number of hydrogen-bond donors (Lipinski definition) is 2. The predicted octanol–water partition coefficient (Wildman–Crippen LogP) is 0.499. The largest absolute Gasteiger partial charge is 0.396 e. The van der Waals surface area contributed by atoms with Gasteiger partial charge in [0.25, 0.3) is 11.5 Å². The Morgan fingerprint density at radius 3 is 2.74 bits per heavy atom. The molecule has 0 aromatic carbocycles. The van der Waals surface area contributed by atoms with Gasteiger partial charge in [-0.1, -0.05) is 0 Å². The molecule has 2 atom stereocenters. The standard InChI is InChI=1S/C12H16F2N2O3/c1-7-5-16(11(19)15-10(7)18)6-9-8(3-2-4-17)12(9,13)14/h5,8-9,17H,2-4,6H2,1H3,(H,15,18,19)/t8-,9+/m1/s1. The lowest BCUT2D eigenvalue weighted by Gasteiger charge is -2.04. The van der Waals surface area contributed by atoms with Crippen molar-refractivity contribution in [3.63, 3.8) is 0 Å². The second kappa shape index (κ2) is 4.88. The van der Waals surface area contributed by atoms with Crippen LogP contribution in [0.5, 0.6) is 0 Å². The van der Waals surface area contributed by atoms with Gasteiger partial charge in [0.2, 0.25) is 0 Å². The number of rotatable bonds is 5. The van der Waals surface area contributed by atoms with Crippen molar-refractivity contribution < 1.29 is 13.9 Å². The second-order valence-corrected chi connectivity index (χ2v) is 4.98. The Balaban J connectivity index is 2.13. The van der Waals surface area contributed by atoms with E-state index >= 15 is 0 Å². The monoisotopic (exact) mass is 274 g/mol. The Morgan fingerprint density at radius 2 is 2.11 bits per heavy atom. The number of alkyl halides is 2. The SMILES string of the molecule is Cc1cn(C[C@H]2[C@@H](CCCO)C2(F)F)c(=O)[nH]c1=O. The van der Waals surface area contributed by atoms with E-state index in [4.69, 9.17) is 5.11 Å². The topological polar surface area (TPSA) is 75.1 Å². The van der Waals surface area contributed by atoms with Gasteiger partial charge < -0.3 is 5.11 Å². The fraction of sp³-hybridized carbons (Fsp3) is 0.667. The molecule has 106 valence electrons. The number of hydrogen-bond acceptors (Lipinski definition) is 3. The van der Waals surface area contributed by atoms with Gasteiger partial charge in [0.1, 0.15) is 0 Å². The molecule has 5 nitrogen and oxygen atoms in total. The second-order valence-electron chi connectivity index (χ2n) is 4.98. The molecule has 0 aliphatic heterocycles. The first-order valence-electron chi connectivity index (χ1n) is 6.17. The smallest absolute Gasteiger partial charge is 0.328 e. The summed E-state index contributed by atoms with van der Waals surface area (Å²) in [5.74, 6) is -4.49. The van der Waals surface area contributed by atoms with Crippen LogP contribution in [-0.2, 0) is 6.54 Å². The molecule has 19 heavy (non-hydrogen) atoms. The van der Waals surface area contributed by atoms with Crippen LogP contribution in [0.15, 0.2) is 15.8 Å². The van der Waals surface area contributed by atoms with Crippen molar-refractivity contribution in [1.82, 2.24) is 9.55 Å². The van der Waals surface area contributed by atoms with Gasteiger partial charge in [-0.05, 0) is 19.8 Å². The summed E-state index contributed by atoms with van der Waals surface area (Å²) in [6, 6.07) is 0. The van der Waals surface area contributed by atoms with E-state index in [9.17, 15) is 18.4 Å². The summed E-state index contributed by atoms with van der Waals surface area (Å²) >= 11 is 0. The lowest BCUT2D eigenvalue weighted by molar-refractivity contribution is 0.0787. The molecule has 0 saturated heterocycles. The van der Waals surface area contributed by atoms with Gasteiger partial charge in [-0.3, -0.25) is 14.3 Å². The molecule has 1 aliphatic carbocycles. The number of aliphatic hydroxyl groups is 1. The third-order valence-electron chi connectivity index (χ3n) is 3.62. The van der Waals surface area contributed by atoms with E-state index in [1.165, 1.54) is 13.1 Å². The van der Waals surface area contributed by atoms with Crippen molar-refractivity contribution in [3.05, 3.63) is 32.6 Å². The van der Waals surface area contributed by atoms with E-state index in [0.717, 1.165) is 4.57 Å². The summed E-state index contributed by atoms with van der Waals surface area (Å²) in [6.07, 6.45) is 1.88. The molecule has 1 aromatic rings. The van der Waals surface area contributed by atoms with E-state index in [1.54, 1.807) is 0 Å². The average molecular weight is 274 g/mol. The minimum absolute atomic E-state index is 0.112. The fourth-order valence-electron chi connectivity index (χ4n) is 2.38. The first kappa shape index (κ1) is 13.9. The van der Waals surface area contributed by atoms with E-state index in [-0.39, 0.29) is 19.6 Å². The Labute approximate surface area is 107 Å². The zero-order valence-corrected chi connectivity index (χ0v) is 10.5. The zero-order valence-electron chi connectivity index (χ0n) is 10.5. The molecule has 0 radical (unpaired) electrons. The van der Waals surface area contributed by atoms with Crippen molar-refractivity contribution in [3.8, 4) is 0 Å². The van der Waals surface area contributed by atoms with Gasteiger partial charge in [0.15, 0.2) is 0 Å². The van der Waals surface area contributed by atoms with Crippen molar-refractivity contribution in [2.75, 3.05) is 6.61 Å². The highest BCUT2D eigenvalue weighted by Crippen LogP contribution is 2.58. The summed E-state index contributed by atoms with van der Waals surface area (Å²) in [4.78, 5) is 24.8. The van der Waals surface area contributed by atoms with Gasteiger partial charge in [0.05, 0.1) is 0 Å². The van der Waals surface area contributed by atoms with Crippen LogP contribution in [0.2, 0.25) is 0 Å². The number of aromatic amines is 1. The van der Waals surface area contributed by atoms with Crippen LogP contribution in [0.3, 0.4) is 0 Å². The number of halogens is 2. The minimum atomic E-state index is -2.79. The lowest BCUT2D eigenvalue weighted by Crippen LogP contribution is -2.31. The zero-order chi connectivity index (χ0) is 14.2. The van der Waals surface area contributed by atoms with Gasteiger partial charge >= 0.3 is 5.69 Å². The number of aryl methyl sites for hydroxylation is 1. The Kier molecular flexibility index (Phi) is 3.58. The van der Waals surface area contributed by atoms with Crippen LogP contribution < -0.4 is 11.2 Å².